The third-order valence-electron chi connectivity index (χ3n) is 6.12. The van der Waals surface area contributed by atoms with Crippen LogP contribution in [0.1, 0.15) is 35.6 Å². The highest BCUT2D eigenvalue weighted by molar-refractivity contribution is 7.77. The molecule has 2 unspecified atom stereocenters. The molecule has 0 saturated heterocycles. The number of hydrogen-bond acceptors (Lipinski definition) is 5. The molecule has 0 bridgehead atoms. The Morgan fingerprint density at radius 1 is 0.737 bits per heavy atom. The predicted octanol–water partition coefficient (Wildman–Crippen LogP) is 5.36. The van der Waals surface area contributed by atoms with Crippen LogP contribution in [-0.2, 0) is 31.1 Å². The molecule has 4 aromatic rings. The number of ether oxygens (including phenoxy) is 1. The predicted molar refractivity (Wildman–Crippen MR) is 147 cm³/mol. The van der Waals surface area contributed by atoms with Crippen LogP contribution in [0.3, 0.4) is 0 Å². The molecule has 0 fully saturated rings. The van der Waals surface area contributed by atoms with Gasteiger partial charge in [0.25, 0.3) is 0 Å². The van der Waals surface area contributed by atoms with Crippen molar-refractivity contribution in [1.29, 1.82) is 0 Å². The average molecular weight is 529 g/mol. The maximum Gasteiger partial charge on any atom is 0.316 e. The lowest BCUT2D eigenvalue weighted by Gasteiger charge is -2.33. The minimum Gasteiger partial charge on any atom is -0.393 e. The quantitative estimate of drug-likeness (QED) is 0.138. The van der Waals surface area contributed by atoms with Gasteiger partial charge in [-0.05, 0) is 28.8 Å². The standard InChI is InChI=1S/C30H28N2O5S/c33-28(21-27(23-13-5-1-6-14-23)31-26-19-11-4-12-20-26)37-29(34)22-30(32-38(35)36,24-15-7-2-8-16-24)25-17-9-3-10-18-25/h1-20,27,31-32H,21-22H2,(H,35,36). The minimum atomic E-state index is -2.47. The summed E-state index contributed by atoms with van der Waals surface area (Å²) in [6, 6.07) is 36.1. The highest BCUT2D eigenvalue weighted by atomic mass is 32.2. The molecule has 4 aromatic carbocycles. The Bertz CT molecular complexity index is 1310. The number of carbonyl (C=O) groups is 2. The molecule has 7 nitrogen and oxygen atoms in total. The molecule has 8 heteroatoms. The number of rotatable bonds is 11. The maximum absolute atomic E-state index is 13.2. The van der Waals surface area contributed by atoms with Crippen LogP contribution in [0, 0.1) is 0 Å². The van der Waals surface area contributed by atoms with Gasteiger partial charge < -0.3 is 10.1 Å². The monoisotopic (exact) mass is 528 g/mol. The molecule has 194 valence electrons. The SMILES string of the molecule is O=C(CC(Nc1ccccc1)c1ccccc1)OC(=O)CC(NS(=O)O)(c1ccccc1)c1ccccc1. The van der Waals surface area contributed by atoms with Crippen molar-refractivity contribution in [2.75, 3.05) is 5.32 Å². The van der Waals surface area contributed by atoms with Crippen molar-refractivity contribution >= 4 is 28.9 Å². The second-order valence-electron chi connectivity index (χ2n) is 8.69. The highest BCUT2D eigenvalue weighted by Gasteiger charge is 2.39. The van der Waals surface area contributed by atoms with Crippen LogP contribution in [0.2, 0.25) is 0 Å². The van der Waals surface area contributed by atoms with E-state index < -0.39 is 34.8 Å². The number of anilines is 1. The molecule has 0 spiro atoms. The second-order valence-corrected chi connectivity index (χ2v) is 9.39. The molecule has 0 amide bonds. The van der Waals surface area contributed by atoms with Crippen LogP contribution < -0.4 is 10.0 Å². The first-order valence-corrected chi connectivity index (χ1v) is 13.2. The van der Waals surface area contributed by atoms with Crippen molar-refractivity contribution in [2.24, 2.45) is 0 Å². The van der Waals surface area contributed by atoms with E-state index in [1.54, 1.807) is 60.7 Å². The lowest BCUT2D eigenvalue weighted by atomic mass is 9.81. The van der Waals surface area contributed by atoms with E-state index in [4.69, 9.17) is 4.74 Å². The molecule has 3 N–H and O–H groups in total. The second kappa shape index (κ2) is 12.9. The van der Waals surface area contributed by atoms with Crippen LogP contribution in [0.25, 0.3) is 0 Å². The van der Waals surface area contributed by atoms with E-state index in [-0.39, 0.29) is 12.8 Å². The number of esters is 2. The first kappa shape index (κ1) is 26.9. The fourth-order valence-corrected chi connectivity index (χ4v) is 4.99. The summed E-state index contributed by atoms with van der Waals surface area (Å²) in [5.41, 5.74) is 1.43. The average Bonchev–Trinajstić information content (AvgIpc) is 2.94. The van der Waals surface area contributed by atoms with Gasteiger partial charge in [-0.25, -0.2) is 4.21 Å². The Morgan fingerprint density at radius 3 is 1.71 bits per heavy atom. The van der Waals surface area contributed by atoms with E-state index in [9.17, 15) is 18.4 Å². The van der Waals surface area contributed by atoms with Crippen LogP contribution in [0.4, 0.5) is 5.69 Å². The van der Waals surface area contributed by atoms with E-state index in [2.05, 4.69) is 10.0 Å². The summed E-state index contributed by atoms with van der Waals surface area (Å²) in [4.78, 5) is 26.2. The number of para-hydroxylation sites is 1. The molecule has 4 rings (SSSR count). The fourth-order valence-electron chi connectivity index (χ4n) is 4.38. The molecule has 38 heavy (non-hydrogen) atoms. The van der Waals surface area contributed by atoms with E-state index in [0.29, 0.717) is 11.1 Å². The molecule has 0 aliphatic heterocycles. The molecule has 0 aromatic heterocycles. The van der Waals surface area contributed by atoms with E-state index in [1.165, 1.54) is 0 Å². The molecule has 0 radical (unpaired) electrons. The van der Waals surface area contributed by atoms with Crippen molar-refractivity contribution < 1.29 is 23.1 Å². The van der Waals surface area contributed by atoms with Gasteiger partial charge in [-0.15, -0.1) is 0 Å². The van der Waals surface area contributed by atoms with Crippen LogP contribution >= 0.6 is 0 Å². The van der Waals surface area contributed by atoms with E-state index in [0.717, 1.165) is 11.3 Å². The number of nitrogens with one attached hydrogen (secondary N) is 2. The van der Waals surface area contributed by atoms with Gasteiger partial charge in [0.2, 0.25) is 11.3 Å². The summed E-state index contributed by atoms with van der Waals surface area (Å²) in [6.45, 7) is 0. The molecular weight excluding hydrogens is 500 g/mol. The Balaban J connectivity index is 1.56. The molecule has 0 aliphatic rings. The summed E-state index contributed by atoms with van der Waals surface area (Å²) >= 11 is -2.47. The van der Waals surface area contributed by atoms with E-state index in [1.807, 2.05) is 60.7 Å². The Morgan fingerprint density at radius 2 is 1.21 bits per heavy atom. The van der Waals surface area contributed by atoms with Gasteiger partial charge in [-0.2, -0.15) is 4.72 Å². The molecular formula is C30H28N2O5S. The van der Waals surface area contributed by atoms with Gasteiger partial charge in [0.15, 0.2) is 0 Å². The Kier molecular flexibility index (Phi) is 9.16. The number of hydrogen-bond donors (Lipinski definition) is 3. The zero-order valence-corrected chi connectivity index (χ0v) is 21.3. The maximum atomic E-state index is 13.2. The minimum absolute atomic E-state index is 0.103. The molecule has 0 saturated carbocycles. The normalized spacial score (nSPS) is 12.8. The third-order valence-corrected chi connectivity index (χ3v) is 6.64. The summed E-state index contributed by atoms with van der Waals surface area (Å²) in [5, 5.41) is 3.33. The first-order valence-electron chi connectivity index (χ1n) is 12.1. The van der Waals surface area contributed by atoms with Crippen molar-refractivity contribution in [2.45, 2.75) is 24.4 Å². The summed E-state index contributed by atoms with van der Waals surface area (Å²) in [5.74, 6) is -1.54. The topological polar surface area (TPSA) is 105 Å². The zero-order chi connectivity index (χ0) is 26.8. The molecule has 0 aliphatic carbocycles. The van der Waals surface area contributed by atoms with Crippen molar-refractivity contribution in [1.82, 2.24) is 4.72 Å². The summed E-state index contributed by atoms with van der Waals surface area (Å²) < 4.78 is 29.8. The van der Waals surface area contributed by atoms with Gasteiger partial charge in [0.05, 0.1) is 24.4 Å². The highest BCUT2D eigenvalue weighted by Crippen LogP contribution is 2.34. The van der Waals surface area contributed by atoms with E-state index >= 15 is 0 Å². The van der Waals surface area contributed by atoms with Gasteiger partial charge in [-0.1, -0.05) is 109 Å². The molecule has 0 heterocycles. The number of benzene rings is 4. The summed E-state index contributed by atoms with van der Waals surface area (Å²) in [7, 11) is 0. The lowest BCUT2D eigenvalue weighted by Crippen LogP contribution is -2.46. The van der Waals surface area contributed by atoms with Crippen molar-refractivity contribution in [3.8, 4) is 0 Å². The fraction of sp³-hybridized carbons (Fsp3) is 0.133. The lowest BCUT2D eigenvalue weighted by molar-refractivity contribution is -0.160. The first-order chi connectivity index (χ1) is 18.5. The zero-order valence-electron chi connectivity index (χ0n) is 20.5. The number of carbonyl (C=O) groups excluding carboxylic acids is 2. The van der Waals surface area contributed by atoms with Crippen molar-refractivity contribution in [3.63, 3.8) is 0 Å². The van der Waals surface area contributed by atoms with Gasteiger partial charge >= 0.3 is 11.9 Å². The van der Waals surface area contributed by atoms with Crippen molar-refractivity contribution in [3.05, 3.63) is 138 Å². The van der Waals surface area contributed by atoms with Crippen LogP contribution in [0.15, 0.2) is 121 Å². The third kappa shape index (κ3) is 7.01. The molecule has 2 atom stereocenters. The van der Waals surface area contributed by atoms with Crippen LogP contribution in [-0.4, -0.2) is 20.7 Å². The summed E-state index contributed by atoms with van der Waals surface area (Å²) in [6.07, 6.45) is -0.491. The largest absolute Gasteiger partial charge is 0.393 e. The Labute approximate surface area is 224 Å². The van der Waals surface area contributed by atoms with Gasteiger partial charge in [-0.3, -0.25) is 14.1 Å². The van der Waals surface area contributed by atoms with Crippen LogP contribution in [0.5, 0.6) is 0 Å². The Hall–Kier alpha value is -4.11. The smallest absolute Gasteiger partial charge is 0.316 e. The van der Waals surface area contributed by atoms with Gasteiger partial charge in [0.1, 0.15) is 0 Å². The van der Waals surface area contributed by atoms with Gasteiger partial charge in [0, 0.05) is 5.69 Å².